The number of hydrogen-bond donors (Lipinski definition) is 0. The Morgan fingerprint density at radius 3 is 2.62 bits per heavy atom. The molecule has 0 radical (unpaired) electrons. The molecule has 0 unspecified atom stereocenters. The monoisotopic (exact) mass is 460 g/mol. The van der Waals surface area contributed by atoms with E-state index in [1.165, 1.54) is 34.4 Å². The number of nitrogens with zero attached hydrogens (tertiary/aromatic N) is 4. The Kier molecular flexibility index (Phi) is 7.09. The van der Waals surface area contributed by atoms with Crippen molar-refractivity contribution in [2.24, 2.45) is 0 Å². The molecule has 2 atom stereocenters. The zero-order valence-corrected chi connectivity index (χ0v) is 19.9. The van der Waals surface area contributed by atoms with Crippen molar-refractivity contribution in [3.05, 3.63) is 51.7 Å². The Labute approximate surface area is 191 Å². The number of likely N-dealkylation sites (tertiary alicyclic amines) is 1. The number of imide groups is 1. The lowest BCUT2D eigenvalue weighted by atomic mass is 9.75. The molecule has 2 heterocycles. The van der Waals surface area contributed by atoms with E-state index in [2.05, 4.69) is 4.98 Å². The molecule has 9 heteroatoms. The van der Waals surface area contributed by atoms with Crippen LogP contribution in [0.5, 0.6) is 0 Å². The van der Waals surface area contributed by atoms with Crippen LogP contribution in [0.15, 0.2) is 29.6 Å². The zero-order chi connectivity index (χ0) is 23.6. The van der Waals surface area contributed by atoms with E-state index >= 15 is 0 Å². The van der Waals surface area contributed by atoms with Crippen LogP contribution >= 0.6 is 11.3 Å². The molecule has 1 aliphatic rings. The van der Waals surface area contributed by atoms with Crippen LogP contribution in [0.4, 0.5) is 4.39 Å². The van der Waals surface area contributed by atoms with Crippen molar-refractivity contribution in [2.45, 2.75) is 38.1 Å². The fourth-order valence-corrected chi connectivity index (χ4v) is 4.80. The predicted molar refractivity (Wildman–Crippen MR) is 121 cm³/mol. The van der Waals surface area contributed by atoms with E-state index in [1.54, 1.807) is 18.0 Å². The number of benzene rings is 1. The van der Waals surface area contributed by atoms with Crippen LogP contribution in [0.25, 0.3) is 0 Å². The highest BCUT2D eigenvalue weighted by Gasteiger charge is 2.54. The van der Waals surface area contributed by atoms with E-state index in [1.807, 2.05) is 38.2 Å². The molecule has 1 saturated heterocycles. The summed E-state index contributed by atoms with van der Waals surface area (Å²) in [4.78, 5) is 48.8. The Balaban J connectivity index is 1.93. The summed E-state index contributed by atoms with van der Waals surface area (Å²) in [6.07, 6.45) is -0.377. The third-order valence-electron chi connectivity index (χ3n) is 5.98. The first kappa shape index (κ1) is 24.0. The number of carbonyl (C=O) groups is 3. The van der Waals surface area contributed by atoms with Gasteiger partial charge in [0.05, 0.1) is 11.5 Å². The van der Waals surface area contributed by atoms with Gasteiger partial charge in [0.25, 0.3) is 0 Å². The average molecular weight is 461 g/mol. The minimum atomic E-state index is -1.42. The normalized spacial score (nSPS) is 19.7. The molecule has 1 aromatic heterocycles. The number of thiazole rings is 1. The van der Waals surface area contributed by atoms with Crippen molar-refractivity contribution in [2.75, 3.05) is 34.2 Å². The minimum absolute atomic E-state index is 0.160. The molecule has 3 rings (SSSR count). The van der Waals surface area contributed by atoms with Gasteiger partial charge in [-0.25, -0.2) is 9.37 Å². The molecule has 0 bridgehead atoms. The maximum atomic E-state index is 14.1. The first-order valence-corrected chi connectivity index (χ1v) is 11.4. The second-order valence-corrected chi connectivity index (χ2v) is 9.50. The molecule has 2 aromatic rings. The van der Waals surface area contributed by atoms with Crippen LogP contribution < -0.4 is 0 Å². The van der Waals surface area contributed by atoms with Gasteiger partial charge in [0.2, 0.25) is 17.7 Å². The molecule has 7 nitrogen and oxygen atoms in total. The molecule has 0 saturated carbocycles. The lowest BCUT2D eigenvalue weighted by molar-refractivity contribution is -0.143. The minimum Gasteiger partial charge on any atom is -0.337 e. The van der Waals surface area contributed by atoms with E-state index in [0.29, 0.717) is 12.1 Å². The molecule has 0 aliphatic carbocycles. The number of rotatable bonds is 8. The van der Waals surface area contributed by atoms with E-state index in [0.717, 1.165) is 10.7 Å². The highest BCUT2D eigenvalue weighted by Crippen LogP contribution is 2.41. The summed E-state index contributed by atoms with van der Waals surface area (Å²) >= 11 is 1.47. The van der Waals surface area contributed by atoms with Gasteiger partial charge in [0.1, 0.15) is 10.8 Å². The van der Waals surface area contributed by atoms with Crippen LogP contribution in [0.2, 0.25) is 0 Å². The standard InChI is InChI=1S/C23H29FN4O3S/c1-15-14-32-21(25-15)16(2)27(5)19(29)12-23(17-7-6-8-18(24)11-17)13-20(30)28(22(23)31)10-9-26(3)4/h6-8,11,14,16H,9-10,12-13H2,1-5H3/t16-,23+/m1/s1. The van der Waals surface area contributed by atoms with E-state index in [4.69, 9.17) is 0 Å². The van der Waals surface area contributed by atoms with E-state index in [9.17, 15) is 18.8 Å². The number of aromatic nitrogens is 1. The molecule has 3 amide bonds. The Bertz CT molecular complexity index is 1020. The molecule has 172 valence electrons. The second kappa shape index (κ2) is 9.46. The van der Waals surface area contributed by atoms with Gasteiger partial charge in [0, 0.05) is 44.1 Å². The first-order valence-electron chi connectivity index (χ1n) is 10.5. The van der Waals surface area contributed by atoms with Crippen LogP contribution in [0, 0.1) is 12.7 Å². The molecular weight excluding hydrogens is 431 g/mol. The maximum absolute atomic E-state index is 14.1. The van der Waals surface area contributed by atoms with Crippen molar-refractivity contribution in [3.63, 3.8) is 0 Å². The number of likely N-dealkylation sites (N-methyl/N-ethyl adjacent to an activating group) is 1. The second-order valence-electron chi connectivity index (χ2n) is 8.61. The smallest absolute Gasteiger partial charge is 0.240 e. The number of hydrogen-bond acceptors (Lipinski definition) is 6. The summed E-state index contributed by atoms with van der Waals surface area (Å²) in [5.74, 6) is -1.61. The van der Waals surface area contributed by atoms with Gasteiger partial charge in [-0.05, 0) is 45.6 Å². The van der Waals surface area contributed by atoms with Crippen molar-refractivity contribution < 1.29 is 18.8 Å². The maximum Gasteiger partial charge on any atom is 0.240 e. The van der Waals surface area contributed by atoms with Crippen molar-refractivity contribution >= 4 is 29.1 Å². The first-order chi connectivity index (χ1) is 15.0. The van der Waals surface area contributed by atoms with Crippen molar-refractivity contribution in [3.8, 4) is 0 Å². The SMILES string of the molecule is Cc1csc([C@@H](C)N(C)C(=O)C[C@@]2(c3cccc(F)c3)CC(=O)N(CCN(C)C)C2=O)n1. The number of aryl methyl sites for hydroxylation is 1. The highest BCUT2D eigenvalue weighted by atomic mass is 32.1. The number of carbonyl (C=O) groups excluding carboxylic acids is 3. The summed E-state index contributed by atoms with van der Waals surface area (Å²) in [7, 11) is 5.37. The van der Waals surface area contributed by atoms with Gasteiger partial charge in [-0.15, -0.1) is 11.3 Å². The van der Waals surface area contributed by atoms with Crippen LogP contribution in [-0.4, -0.2) is 71.6 Å². The molecule has 1 fully saturated rings. The molecule has 0 N–H and O–H groups in total. The Hall–Kier alpha value is -2.65. The van der Waals surface area contributed by atoms with Crippen LogP contribution in [0.3, 0.4) is 0 Å². The number of amides is 3. The summed E-state index contributed by atoms with van der Waals surface area (Å²) in [5, 5.41) is 2.71. The average Bonchev–Trinajstić information content (AvgIpc) is 3.27. The van der Waals surface area contributed by atoms with Crippen molar-refractivity contribution in [1.82, 2.24) is 19.7 Å². The molecule has 0 spiro atoms. The fraction of sp³-hybridized carbons (Fsp3) is 0.478. The summed E-state index contributed by atoms with van der Waals surface area (Å²) in [6.45, 7) is 4.49. The number of halogens is 1. The Morgan fingerprint density at radius 1 is 1.31 bits per heavy atom. The van der Waals surface area contributed by atoms with Gasteiger partial charge in [-0.1, -0.05) is 12.1 Å². The summed E-state index contributed by atoms with van der Waals surface area (Å²) in [6, 6.07) is 5.36. The fourth-order valence-electron chi connectivity index (χ4n) is 3.91. The summed E-state index contributed by atoms with van der Waals surface area (Å²) in [5.41, 5.74) is -0.195. The molecular formula is C23H29FN4O3S. The van der Waals surface area contributed by atoms with Crippen LogP contribution in [0.1, 0.15) is 42.1 Å². The van der Waals surface area contributed by atoms with Crippen LogP contribution in [-0.2, 0) is 19.8 Å². The molecule has 1 aliphatic heterocycles. The quantitative estimate of drug-likeness (QED) is 0.567. The third-order valence-corrected chi connectivity index (χ3v) is 7.11. The van der Waals surface area contributed by atoms with Gasteiger partial charge in [-0.2, -0.15) is 0 Å². The zero-order valence-electron chi connectivity index (χ0n) is 19.1. The molecule has 32 heavy (non-hydrogen) atoms. The third kappa shape index (κ3) is 4.73. The van der Waals surface area contributed by atoms with Gasteiger partial charge < -0.3 is 9.80 Å². The van der Waals surface area contributed by atoms with E-state index in [-0.39, 0.29) is 37.2 Å². The van der Waals surface area contributed by atoms with E-state index < -0.39 is 17.1 Å². The largest absolute Gasteiger partial charge is 0.337 e. The highest BCUT2D eigenvalue weighted by molar-refractivity contribution is 7.09. The van der Waals surface area contributed by atoms with Gasteiger partial charge in [0.15, 0.2) is 0 Å². The topological polar surface area (TPSA) is 73.8 Å². The van der Waals surface area contributed by atoms with Gasteiger partial charge >= 0.3 is 0 Å². The lowest BCUT2D eigenvalue weighted by Gasteiger charge is -2.31. The summed E-state index contributed by atoms with van der Waals surface area (Å²) < 4.78 is 14.1. The Morgan fingerprint density at radius 2 is 2.03 bits per heavy atom. The molecule has 1 aromatic carbocycles. The van der Waals surface area contributed by atoms with Gasteiger partial charge in [-0.3, -0.25) is 19.3 Å². The predicted octanol–water partition coefficient (Wildman–Crippen LogP) is 2.76. The van der Waals surface area contributed by atoms with Crippen molar-refractivity contribution in [1.29, 1.82) is 0 Å². The lowest BCUT2D eigenvalue weighted by Crippen LogP contribution is -2.44.